The number of likely N-dealkylation sites (tertiary alicyclic amines) is 1. The molecule has 2 bridgehead atoms. The van der Waals surface area contributed by atoms with E-state index in [0.717, 1.165) is 0 Å². The van der Waals surface area contributed by atoms with Gasteiger partial charge in [-0.15, -0.1) is 13.2 Å². The first kappa shape index (κ1) is 39.8. The molecule has 11 heteroatoms. The van der Waals surface area contributed by atoms with Gasteiger partial charge in [-0.2, -0.15) is 0 Å². The molecule has 3 heterocycles. The summed E-state index contributed by atoms with van der Waals surface area (Å²) < 4.78 is 13.1. The van der Waals surface area contributed by atoms with Gasteiger partial charge in [-0.3, -0.25) is 19.2 Å². The van der Waals surface area contributed by atoms with Crippen molar-refractivity contribution in [3.8, 4) is 0 Å². The van der Waals surface area contributed by atoms with Crippen LogP contribution in [-0.2, 0) is 28.7 Å². The number of allylic oxidation sites excluding steroid dienone is 1. The van der Waals surface area contributed by atoms with Crippen LogP contribution in [0.3, 0.4) is 0 Å². The fourth-order valence-electron chi connectivity index (χ4n) is 8.59. The molecule has 10 nitrogen and oxygen atoms in total. The van der Waals surface area contributed by atoms with Crippen LogP contribution < -0.4 is 0 Å². The number of amides is 3. The van der Waals surface area contributed by atoms with Crippen molar-refractivity contribution in [1.29, 1.82) is 0 Å². The minimum atomic E-state index is -1.28. The van der Waals surface area contributed by atoms with E-state index in [2.05, 4.69) is 49.9 Å². The number of rotatable bonds is 16. The van der Waals surface area contributed by atoms with Gasteiger partial charge in [-0.1, -0.05) is 79.2 Å². The predicted molar refractivity (Wildman–Crippen MR) is 196 cm³/mol. The summed E-state index contributed by atoms with van der Waals surface area (Å²) in [5.74, 6) is -3.30. The summed E-state index contributed by atoms with van der Waals surface area (Å²) >= 11 is 3.75. The number of ether oxygens (including phenoxy) is 2. The number of benzene rings is 1. The van der Waals surface area contributed by atoms with Gasteiger partial charge in [0.15, 0.2) is 0 Å². The first-order chi connectivity index (χ1) is 23.5. The summed E-state index contributed by atoms with van der Waals surface area (Å²) in [5, 5.41) is 9.80. The average molecular weight is 759 g/mol. The number of aliphatic hydroxyl groups is 1. The Balaban J connectivity index is 1.74. The topological polar surface area (TPSA) is 117 Å². The quantitative estimate of drug-likeness (QED) is 0.136. The number of esters is 1. The second-order valence-corrected chi connectivity index (χ2v) is 17.1. The van der Waals surface area contributed by atoms with Crippen molar-refractivity contribution in [2.45, 2.75) is 114 Å². The Morgan fingerprint density at radius 2 is 1.82 bits per heavy atom. The highest BCUT2D eigenvalue weighted by Gasteiger charge is 2.77. The number of carbonyl (C=O) groups is 4. The van der Waals surface area contributed by atoms with Crippen LogP contribution >= 0.6 is 15.9 Å². The van der Waals surface area contributed by atoms with Gasteiger partial charge < -0.3 is 29.3 Å². The molecule has 1 N–H and O–H groups in total. The molecule has 276 valence electrons. The molecule has 1 unspecified atom stereocenters. The monoisotopic (exact) mass is 757 g/mol. The molecule has 0 aliphatic carbocycles. The van der Waals surface area contributed by atoms with Gasteiger partial charge in [-0.25, -0.2) is 0 Å². The number of hydrogen-bond acceptors (Lipinski definition) is 7. The summed E-state index contributed by atoms with van der Waals surface area (Å²) in [6.45, 7) is 20.1. The minimum absolute atomic E-state index is 0.0963. The van der Waals surface area contributed by atoms with Crippen LogP contribution in [0, 0.1) is 17.3 Å². The van der Waals surface area contributed by atoms with E-state index in [1.807, 2.05) is 51.1 Å². The highest BCUT2D eigenvalue weighted by molar-refractivity contribution is 9.09. The molecule has 8 atom stereocenters. The number of fused-ring (bicyclic) bond motifs is 1. The molecule has 0 aromatic heterocycles. The SMILES string of the molecule is C=CCCC(=O)N(C)[C@@H](C)[C@@H](OC(=O)[C@H]1[C@@H]2O[C@@]3(CC2Br)[C@@H]1C(=O)N(CCCO)[C@@H]3C(=O)N(CC=C)C(C)(C)CC(C)(C)C)c1ccccc1. The zero-order valence-corrected chi connectivity index (χ0v) is 32.4. The lowest BCUT2D eigenvalue weighted by Crippen LogP contribution is -2.61. The van der Waals surface area contributed by atoms with Gasteiger partial charge in [0.05, 0.1) is 24.0 Å². The molecular formula is C39H56BrN3O7. The molecular weight excluding hydrogens is 702 g/mol. The van der Waals surface area contributed by atoms with E-state index in [4.69, 9.17) is 9.47 Å². The smallest absolute Gasteiger partial charge is 0.313 e. The second-order valence-electron chi connectivity index (χ2n) is 15.9. The number of alkyl halides is 1. The fourth-order valence-corrected chi connectivity index (χ4v) is 9.53. The Labute approximate surface area is 306 Å². The van der Waals surface area contributed by atoms with Crippen molar-refractivity contribution in [3.05, 3.63) is 61.2 Å². The van der Waals surface area contributed by atoms with Gasteiger partial charge in [0.25, 0.3) is 0 Å². The number of nitrogens with zero attached hydrogens (tertiary/aromatic N) is 3. The number of hydrogen-bond donors (Lipinski definition) is 1. The van der Waals surface area contributed by atoms with Crippen molar-refractivity contribution in [3.63, 3.8) is 0 Å². The third kappa shape index (κ3) is 7.75. The first-order valence-electron chi connectivity index (χ1n) is 17.7. The molecule has 3 aliphatic heterocycles. The molecule has 3 fully saturated rings. The number of halogens is 1. The molecule has 0 saturated carbocycles. The van der Waals surface area contributed by atoms with E-state index in [0.29, 0.717) is 24.8 Å². The van der Waals surface area contributed by atoms with Crippen molar-refractivity contribution in [1.82, 2.24) is 14.7 Å². The maximum atomic E-state index is 14.9. The Bertz CT molecular complexity index is 1430. The molecule has 1 aromatic rings. The molecule has 50 heavy (non-hydrogen) atoms. The molecule has 0 radical (unpaired) electrons. The summed E-state index contributed by atoms with van der Waals surface area (Å²) in [6.07, 6.45) is 3.95. The van der Waals surface area contributed by atoms with Gasteiger partial charge in [0.2, 0.25) is 17.7 Å². The first-order valence-corrected chi connectivity index (χ1v) is 18.6. The van der Waals surface area contributed by atoms with Gasteiger partial charge in [-0.05, 0) is 57.4 Å². The van der Waals surface area contributed by atoms with Gasteiger partial charge in [0, 0.05) is 43.5 Å². The van der Waals surface area contributed by atoms with Crippen LogP contribution in [-0.4, -0.2) is 104 Å². The Kier molecular flexibility index (Phi) is 12.5. The maximum Gasteiger partial charge on any atom is 0.313 e. The highest BCUT2D eigenvalue weighted by atomic mass is 79.9. The normalized spacial score (nSPS) is 27.0. The van der Waals surface area contributed by atoms with Crippen LogP contribution in [0.2, 0.25) is 0 Å². The van der Waals surface area contributed by atoms with Crippen molar-refractivity contribution in [2.75, 3.05) is 26.7 Å². The van der Waals surface area contributed by atoms with Crippen LogP contribution in [0.5, 0.6) is 0 Å². The summed E-state index contributed by atoms with van der Waals surface area (Å²) in [5.41, 5.74) is -1.27. The number of likely N-dealkylation sites (N-methyl/N-ethyl adjacent to an activating group) is 1. The van der Waals surface area contributed by atoms with E-state index >= 15 is 0 Å². The van der Waals surface area contributed by atoms with Crippen molar-refractivity contribution < 1.29 is 33.8 Å². The number of aliphatic hydroxyl groups excluding tert-OH is 1. The van der Waals surface area contributed by atoms with Crippen LogP contribution in [0.1, 0.15) is 85.3 Å². The minimum Gasteiger partial charge on any atom is -0.455 e. The zero-order valence-electron chi connectivity index (χ0n) is 30.8. The van der Waals surface area contributed by atoms with Gasteiger partial charge >= 0.3 is 5.97 Å². The second kappa shape index (κ2) is 15.7. The van der Waals surface area contributed by atoms with Gasteiger partial charge in [0.1, 0.15) is 17.7 Å². The lowest BCUT2D eigenvalue weighted by molar-refractivity contribution is -0.164. The van der Waals surface area contributed by atoms with E-state index in [1.54, 1.807) is 29.0 Å². The standard InChI is InChI=1S/C39H56BrN3O7/c1-10-12-19-28(45)41(9)25(3)31(26-17-14-13-15-18-26)49-36(48)29-30-34(46)42(21-16-22-44)33(39(30)23-27(40)32(29)50-39)35(47)43(20-11-2)38(7,8)24-37(4,5)6/h10-11,13-15,17-18,25,27,29-33,44H,1-2,12,16,19-24H2,3-9H3/t25-,27?,29+,30-,31+,32+,33+,39-/m0/s1. The summed E-state index contributed by atoms with van der Waals surface area (Å²) in [6, 6.07) is 7.72. The highest BCUT2D eigenvalue weighted by Crippen LogP contribution is 2.61. The van der Waals surface area contributed by atoms with E-state index in [9.17, 15) is 24.3 Å². The van der Waals surface area contributed by atoms with Crippen LogP contribution in [0.25, 0.3) is 0 Å². The molecule has 1 spiro atoms. The van der Waals surface area contributed by atoms with E-state index in [1.165, 1.54) is 4.90 Å². The van der Waals surface area contributed by atoms with Crippen molar-refractivity contribution >= 4 is 39.6 Å². The van der Waals surface area contributed by atoms with E-state index < -0.39 is 53.2 Å². The van der Waals surface area contributed by atoms with Crippen LogP contribution in [0.15, 0.2) is 55.6 Å². The van der Waals surface area contributed by atoms with Crippen molar-refractivity contribution in [2.24, 2.45) is 17.3 Å². The predicted octanol–water partition coefficient (Wildman–Crippen LogP) is 5.44. The van der Waals surface area contributed by atoms with Crippen LogP contribution in [0.4, 0.5) is 0 Å². The largest absolute Gasteiger partial charge is 0.455 e. The Morgan fingerprint density at radius 1 is 1.16 bits per heavy atom. The molecule has 3 amide bonds. The molecule has 4 rings (SSSR count). The molecule has 3 aliphatic rings. The molecule has 1 aromatic carbocycles. The molecule has 3 saturated heterocycles. The zero-order chi connectivity index (χ0) is 37.2. The maximum absolute atomic E-state index is 14.9. The summed E-state index contributed by atoms with van der Waals surface area (Å²) in [4.78, 5) is 61.6. The average Bonchev–Trinajstić information content (AvgIpc) is 3.65. The fraction of sp³-hybridized carbons (Fsp3) is 0.641. The summed E-state index contributed by atoms with van der Waals surface area (Å²) in [7, 11) is 1.69. The lowest BCUT2D eigenvalue weighted by atomic mass is 9.70. The third-order valence-electron chi connectivity index (χ3n) is 10.5. The Hall–Kier alpha value is -3.02. The van der Waals surface area contributed by atoms with E-state index in [-0.39, 0.29) is 60.5 Å². The number of carbonyl (C=O) groups excluding carboxylic acids is 4. The third-order valence-corrected chi connectivity index (χ3v) is 11.3. The Morgan fingerprint density at radius 3 is 2.40 bits per heavy atom. The lowest BCUT2D eigenvalue weighted by Gasteiger charge is -2.45.